The molecule has 0 aromatic carbocycles. The molecule has 0 bridgehead atoms. The van der Waals surface area contributed by atoms with Gasteiger partial charge in [-0.25, -0.2) is 4.79 Å². The van der Waals surface area contributed by atoms with Gasteiger partial charge in [0.15, 0.2) is 5.96 Å². The van der Waals surface area contributed by atoms with Crippen LogP contribution in [0.4, 0.5) is 4.79 Å². The number of nitrogens with zero attached hydrogens (tertiary/aromatic N) is 4. The van der Waals surface area contributed by atoms with Crippen LogP contribution in [0.2, 0.25) is 0 Å². The van der Waals surface area contributed by atoms with E-state index in [1.165, 1.54) is 38.9 Å². The highest BCUT2D eigenvalue weighted by atomic mass is 16.6. The number of nitrogens with two attached hydrogens (primary N) is 1. The van der Waals surface area contributed by atoms with E-state index in [2.05, 4.69) is 21.7 Å². The van der Waals surface area contributed by atoms with Crippen molar-refractivity contribution in [2.75, 3.05) is 52.4 Å². The fraction of sp³-hybridized carbons (Fsp3) is 0.900. The van der Waals surface area contributed by atoms with E-state index >= 15 is 0 Å². The minimum absolute atomic E-state index is 0.246. The number of rotatable bonds is 5. The molecule has 27 heavy (non-hydrogen) atoms. The maximum Gasteiger partial charge on any atom is 0.410 e. The molecule has 0 radical (unpaired) electrons. The zero-order valence-electron chi connectivity index (χ0n) is 17.7. The molecule has 0 aromatic heterocycles. The third-order valence-electron chi connectivity index (χ3n) is 5.29. The Kier molecular flexibility index (Phi) is 8.20. The van der Waals surface area contributed by atoms with Gasteiger partial charge in [-0.2, -0.15) is 0 Å². The molecule has 156 valence electrons. The Balaban J connectivity index is 1.60. The van der Waals surface area contributed by atoms with Gasteiger partial charge in [-0.15, -0.1) is 0 Å². The second-order valence-corrected chi connectivity index (χ2v) is 8.93. The van der Waals surface area contributed by atoms with Crippen LogP contribution in [0.25, 0.3) is 0 Å². The Morgan fingerprint density at radius 1 is 1.04 bits per heavy atom. The Morgan fingerprint density at radius 3 is 2.22 bits per heavy atom. The Morgan fingerprint density at radius 2 is 1.63 bits per heavy atom. The lowest BCUT2D eigenvalue weighted by molar-refractivity contribution is 0.0186. The average Bonchev–Trinajstić information content (AvgIpc) is 2.61. The molecule has 2 heterocycles. The number of piperidine rings is 1. The smallest absolute Gasteiger partial charge is 0.410 e. The highest BCUT2D eigenvalue weighted by Crippen LogP contribution is 2.16. The fourth-order valence-electron chi connectivity index (χ4n) is 3.47. The number of hydrogen-bond acceptors (Lipinski definition) is 4. The quantitative estimate of drug-likeness (QED) is 0.450. The fourth-order valence-corrected chi connectivity index (χ4v) is 3.47. The van der Waals surface area contributed by atoms with E-state index in [1.807, 2.05) is 20.8 Å². The zero-order valence-corrected chi connectivity index (χ0v) is 17.7. The lowest BCUT2D eigenvalue weighted by Gasteiger charge is -2.36. The second-order valence-electron chi connectivity index (χ2n) is 8.93. The van der Waals surface area contributed by atoms with E-state index < -0.39 is 5.60 Å². The average molecular weight is 382 g/mol. The number of aliphatic imine (C=N–C) groups is 1. The van der Waals surface area contributed by atoms with Crippen LogP contribution >= 0.6 is 0 Å². The van der Waals surface area contributed by atoms with Gasteiger partial charge in [-0.3, -0.25) is 4.99 Å². The largest absolute Gasteiger partial charge is 0.444 e. The van der Waals surface area contributed by atoms with Crippen molar-refractivity contribution in [3.05, 3.63) is 0 Å². The summed E-state index contributed by atoms with van der Waals surface area (Å²) in [5.74, 6) is 1.49. The zero-order chi connectivity index (χ0) is 19.9. The van der Waals surface area contributed by atoms with Crippen molar-refractivity contribution in [1.29, 1.82) is 0 Å². The standard InChI is InChI=1S/C20H39N5O2/c1-17-7-11-23(12-8-17)10-6-5-9-22-18(21)24-13-15-25(16-14-24)19(26)27-20(2,3)4/h17H,5-16H2,1-4H3,(H2,21,22). The summed E-state index contributed by atoms with van der Waals surface area (Å²) in [6, 6.07) is 0. The van der Waals surface area contributed by atoms with Gasteiger partial charge >= 0.3 is 6.09 Å². The SMILES string of the molecule is CC1CCN(CCCCN=C(N)N2CCN(C(=O)OC(C)(C)C)CC2)CC1. The summed E-state index contributed by atoms with van der Waals surface area (Å²) in [6.45, 7) is 15.1. The van der Waals surface area contributed by atoms with E-state index in [9.17, 15) is 4.79 Å². The van der Waals surface area contributed by atoms with E-state index in [0.717, 1.165) is 18.9 Å². The summed E-state index contributed by atoms with van der Waals surface area (Å²) in [5.41, 5.74) is 5.69. The second kappa shape index (κ2) is 10.2. The molecule has 0 atom stereocenters. The summed E-state index contributed by atoms with van der Waals surface area (Å²) in [4.78, 5) is 23.0. The van der Waals surface area contributed by atoms with Crippen LogP contribution in [0.1, 0.15) is 53.4 Å². The molecule has 2 rings (SSSR count). The predicted molar refractivity (Wildman–Crippen MR) is 110 cm³/mol. The molecule has 7 heteroatoms. The maximum absolute atomic E-state index is 12.1. The first-order valence-corrected chi connectivity index (χ1v) is 10.5. The van der Waals surface area contributed by atoms with Crippen LogP contribution < -0.4 is 5.73 Å². The van der Waals surface area contributed by atoms with Gasteiger partial charge in [0, 0.05) is 32.7 Å². The number of carbonyl (C=O) groups is 1. The number of unbranched alkanes of at least 4 members (excludes halogenated alkanes) is 1. The maximum atomic E-state index is 12.1. The van der Waals surface area contributed by atoms with Gasteiger partial charge in [0.1, 0.15) is 5.60 Å². The van der Waals surface area contributed by atoms with Gasteiger partial charge in [0.25, 0.3) is 0 Å². The molecule has 0 aliphatic carbocycles. The third-order valence-corrected chi connectivity index (χ3v) is 5.29. The normalized spacial score (nSPS) is 20.8. The van der Waals surface area contributed by atoms with Crippen molar-refractivity contribution in [1.82, 2.24) is 14.7 Å². The number of hydrogen-bond donors (Lipinski definition) is 1. The van der Waals surface area contributed by atoms with E-state index in [0.29, 0.717) is 32.1 Å². The first-order valence-electron chi connectivity index (χ1n) is 10.5. The van der Waals surface area contributed by atoms with Crippen LogP contribution in [-0.2, 0) is 4.74 Å². The highest BCUT2D eigenvalue weighted by Gasteiger charge is 2.26. The third kappa shape index (κ3) is 7.95. The molecule has 0 aromatic rings. The van der Waals surface area contributed by atoms with Gasteiger partial charge in [0.2, 0.25) is 0 Å². The molecule has 1 amide bonds. The number of guanidine groups is 1. The van der Waals surface area contributed by atoms with Crippen LogP contribution in [0.3, 0.4) is 0 Å². The topological polar surface area (TPSA) is 74.4 Å². The summed E-state index contributed by atoms with van der Waals surface area (Å²) in [6.07, 6.45) is 4.67. The minimum atomic E-state index is -0.457. The van der Waals surface area contributed by atoms with Crippen molar-refractivity contribution in [3.63, 3.8) is 0 Å². The van der Waals surface area contributed by atoms with Crippen molar-refractivity contribution in [2.45, 2.75) is 59.0 Å². The highest BCUT2D eigenvalue weighted by molar-refractivity contribution is 5.78. The molecule has 0 unspecified atom stereocenters. The van der Waals surface area contributed by atoms with E-state index in [4.69, 9.17) is 10.5 Å². The molecule has 7 nitrogen and oxygen atoms in total. The lowest BCUT2D eigenvalue weighted by Crippen LogP contribution is -2.53. The van der Waals surface area contributed by atoms with Crippen molar-refractivity contribution in [3.8, 4) is 0 Å². The molecule has 0 spiro atoms. The molecule has 2 saturated heterocycles. The summed E-state index contributed by atoms with van der Waals surface area (Å²) >= 11 is 0. The monoisotopic (exact) mass is 381 g/mol. The van der Waals surface area contributed by atoms with Crippen molar-refractivity contribution in [2.24, 2.45) is 16.6 Å². The Labute approximate surface area is 164 Å². The summed E-state index contributed by atoms with van der Waals surface area (Å²) in [7, 11) is 0. The minimum Gasteiger partial charge on any atom is -0.444 e. The number of carbonyl (C=O) groups excluding carboxylic acids is 1. The number of piperazine rings is 1. The molecular weight excluding hydrogens is 342 g/mol. The molecular formula is C20H39N5O2. The summed E-state index contributed by atoms with van der Waals surface area (Å²) in [5, 5.41) is 0. The van der Waals surface area contributed by atoms with Crippen molar-refractivity contribution < 1.29 is 9.53 Å². The molecule has 2 N–H and O–H groups in total. The van der Waals surface area contributed by atoms with Gasteiger partial charge in [-0.1, -0.05) is 6.92 Å². The lowest BCUT2D eigenvalue weighted by atomic mass is 9.99. The first kappa shape index (κ1) is 21.8. The molecule has 0 saturated carbocycles. The van der Waals surface area contributed by atoms with Gasteiger partial charge in [0.05, 0.1) is 0 Å². The van der Waals surface area contributed by atoms with Crippen LogP contribution in [0.15, 0.2) is 4.99 Å². The summed E-state index contributed by atoms with van der Waals surface area (Å²) < 4.78 is 5.42. The number of ether oxygens (including phenoxy) is 1. The predicted octanol–water partition coefficient (Wildman–Crippen LogP) is 2.37. The van der Waals surface area contributed by atoms with Crippen molar-refractivity contribution >= 4 is 12.1 Å². The number of likely N-dealkylation sites (tertiary alicyclic amines) is 1. The Hall–Kier alpha value is -1.50. The van der Waals surface area contributed by atoms with Gasteiger partial charge in [-0.05, 0) is 72.0 Å². The van der Waals surface area contributed by atoms with Crippen LogP contribution in [-0.4, -0.2) is 84.7 Å². The molecule has 2 fully saturated rings. The first-order chi connectivity index (χ1) is 12.7. The number of amides is 1. The van der Waals surface area contributed by atoms with E-state index in [1.54, 1.807) is 4.90 Å². The molecule has 2 aliphatic heterocycles. The Bertz CT molecular complexity index is 487. The molecule has 2 aliphatic rings. The van der Waals surface area contributed by atoms with E-state index in [-0.39, 0.29) is 6.09 Å². The van der Waals surface area contributed by atoms with Gasteiger partial charge < -0.3 is 25.2 Å². The van der Waals surface area contributed by atoms with Crippen LogP contribution in [0.5, 0.6) is 0 Å². The van der Waals surface area contributed by atoms with Crippen LogP contribution in [0, 0.1) is 5.92 Å².